The van der Waals surface area contributed by atoms with Crippen molar-refractivity contribution in [3.8, 4) is 0 Å². The zero-order valence-corrected chi connectivity index (χ0v) is 12.3. The van der Waals surface area contributed by atoms with Gasteiger partial charge >= 0.3 is 0 Å². The highest BCUT2D eigenvalue weighted by molar-refractivity contribution is 7.88. The second-order valence-corrected chi connectivity index (χ2v) is 7.15. The summed E-state index contributed by atoms with van der Waals surface area (Å²) in [5, 5.41) is 0.968. The molecule has 1 aliphatic heterocycles. The summed E-state index contributed by atoms with van der Waals surface area (Å²) in [4.78, 5) is 13.7. The first-order valence-electron chi connectivity index (χ1n) is 6.43. The van der Waals surface area contributed by atoms with Crippen LogP contribution < -0.4 is 4.90 Å². The minimum absolute atomic E-state index is 0.00560. The van der Waals surface area contributed by atoms with Gasteiger partial charge in [-0.05, 0) is 12.5 Å². The molecule has 0 saturated carbocycles. The van der Waals surface area contributed by atoms with Crippen LogP contribution in [-0.2, 0) is 10.0 Å². The predicted octanol–water partition coefficient (Wildman–Crippen LogP) is 0.428. The Bertz CT molecular complexity index is 726. The largest absolute Gasteiger partial charge is 0.354 e. The highest BCUT2D eigenvalue weighted by atomic mass is 32.2. The molecule has 1 unspecified atom stereocenters. The van der Waals surface area contributed by atoms with Crippen molar-refractivity contribution in [3.63, 3.8) is 0 Å². The van der Waals surface area contributed by atoms with Crippen LogP contribution in [0.4, 0.5) is 5.82 Å². The van der Waals surface area contributed by atoms with Gasteiger partial charge in [-0.3, -0.25) is 0 Å². The van der Waals surface area contributed by atoms with E-state index in [1.807, 2.05) is 12.3 Å². The van der Waals surface area contributed by atoms with Gasteiger partial charge in [0.05, 0.1) is 11.6 Å². The maximum atomic E-state index is 11.6. The van der Waals surface area contributed by atoms with Crippen LogP contribution in [-0.4, -0.2) is 60.1 Å². The Morgan fingerprint density at radius 1 is 1.45 bits per heavy atom. The third-order valence-corrected chi connectivity index (χ3v) is 5.18. The summed E-state index contributed by atoms with van der Waals surface area (Å²) in [5.74, 6) is 0.862. The summed E-state index contributed by atoms with van der Waals surface area (Å²) in [6.45, 7) is 1.45. The van der Waals surface area contributed by atoms with E-state index in [1.165, 1.54) is 16.9 Å². The monoisotopic (exact) mass is 295 g/mol. The van der Waals surface area contributed by atoms with Crippen LogP contribution in [0.1, 0.15) is 6.42 Å². The fraction of sp³-hybridized carbons (Fsp3) is 0.500. The molecule has 3 rings (SSSR count). The van der Waals surface area contributed by atoms with E-state index in [2.05, 4.69) is 19.9 Å². The molecule has 2 aromatic heterocycles. The standard InChI is InChI=1S/C12H17N5O2S/c1-16(20(2,18)19)9-4-6-17(7-9)12-10-3-5-13-11(10)14-8-15-12/h3,5,8-9H,4,6-7H2,1-2H3,(H,13,14,15). The average molecular weight is 295 g/mol. The lowest BCUT2D eigenvalue weighted by Crippen LogP contribution is -2.38. The maximum absolute atomic E-state index is 11.6. The number of H-pyrrole nitrogens is 1. The summed E-state index contributed by atoms with van der Waals surface area (Å²) < 4.78 is 24.7. The van der Waals surface area contributed by atoms with Gasteiger partial charge in [0, 0.05) is 32.4 Å². The van der Waals surface area contributed by atoms with Crippen molar-refractivity contribution in [2.75, 3.05) is 31.3 Å². The molecule has 0 bridgehead atoms. The Morgan fingerprint density at radius 2 is 2.25 bits per heavy atom. The number of aromatic amines is 1. The second kappa shape index (κ2) is 4.71. The molecular weight excluding hydrogens is 278 g/mol. The minimum Gasteiger partial charge on any atom is -0.354 e. The third-order valence-electron chi connectivity index (χ3n) is 3.83. The van der Waals surface area contributed by atoms with Crippen molar-refractivity contribution in [1.82, 2.24) is 19.3 Å². The lowest BCUT2D eigenvalue weighted by Gasteiger charge is -2.23. The van der Waals surface area contributed by atoms with E-state index >= 15 is 0 Å². The number of aromatic nitrogens is 3. The quantitative estimate of drug-likeness (QED) is 0.888. The number of rotatable bonds is 3. The molecule has 0 amide bonds. The normalized spacial score (nSPS) is 20.1. The van der Waals surface area contributed by atoms with Gasteiger partial charge in [-0.1, -0.05) is 0 Å². The molecule has 0 spiro atoms. The van der Waals surface area contributed by atoms with E-state index in [1.54, 1.807) is 7.05 Å². The zero-order valence-electron chi connectivity index (χ0n) is 11.4. The van der Waals surface area contributed by atoms with E-state index in [4.69, 9.17) is 0 Å². The lowest BCUT2D eigenvalue weighted by molar-refractivity contribution is 0.393. The number of nitrogens with zero attached hydrogens (tertiary/aromatic N) is 4. The molecule has 108 valence electrons. The number of hydrogen-bond acceptors (Lipinski definition) is 5. The molecule has 1 saturated heterocycles. The molecular formula is C12H17N5O2S. The van der Waals surface area contributed by atoms with Crippen LogP contribution in [0, 0.1) is 0 Å². The average Bonchev–Trinajstić information content (AvgIpc) is 3.05. The van der Waals surface area contributed by atoms with Gasteiger partial charge in [0.2, 0.25) is 10.0 Å². The Morgan fingerprint density at radius 3 is 3.00 bits per heavy atom. The van der Waals surface area contributed by atoms with Crippen molar-refractivity contribution in [2.45, 2.75) is 12.5 Å². The van der Waals surface area contributed by atoms with Gasteiger partial charge in [-0.2, -0.15) is 0 Å². The zero-order chi connectivity index (χ0) is 14.3. The number of likely N-dealkylation sites (N-methyl/N-ethyl adjacent to an activating group) is 1. The van der Waals surface area contributed by atoms with Crippen LogP contribution in [0.25, 0.3) is 11.0 Å². The highest BCUT2D eigenvalue weighted by Gasteiger charge is 2.31. The van der Waals surface area contributed by atoms with Crippen LogP contribution in [0.2, 0.25) is 0 Å². The molecule has 1 atom stereocenters. The molecule has 0 aliphatic carbocycles. The van der Waals surface area contributed by atoms with Gasteiger partial charge in [-0.15, -0.1) is 0 Å². The van der Waals surface area contributed by atoms with Gasteiger partial charge in [0.25, 0.3) is 0 Å². The van der Waals surface area contributed by atoms with Crippen LogP contribution in [0.15, 0.2) is 18.6 Å². The van der Waals surface area contributed by atoms with Crippen LogP contribution >= 0.6 is 0 Å². The first kappa shape index (κ1) is 13.3. The molecule has 7 nitrogen and oxygen atoms in total. The van der Waals surface area contributed by atoms with Gasteiger partial charge in [0.1, 0.15) is 17.8 Å². The van der Waals surface area contributed by atoms with Crippen LogP contribution in [0.3, 0.4) is 0 Å². The third kappa shape index (κ3) is 2.25. The number of hydrogen-bond donors (Lipinski definition) is 1. The smallest absolute Gasteiger partial charge is 0.211 e. The number of fused-ring (bicyclic) bond motifs is 1. The maximum Gasteiger partial charge on any atom is 0.211 e. The summed E-state index contributed by atoms with van der Waals surface area (Å²) in [5.41, 5.74) is 0.801. The van der Waals surface area contributed by atoms with Gasteiger partial charge < -0.3 is 9.88 Å². The van der Waals surface area contributed by atoms with Crippen molar-refractivity contribution in [1.29, 1.82) is 0 Å². The first-order valence-corrected chi connectivity index (χ1v) is 8.27. The Kier molecular flexibility index (Phi) is 3.14. The van der Waals surface area contributed by atoms with E-state index in [0.717, 1.165) is 29.8 Å². The minimum atomic E-state index is -3.16. The second-order valence-electron chi connectivity index (χ2n) is 5.10. The molecule has 2 aromatic rings. The number of nitrogens with one attached hydrogen (secondary N) is 1. The van der Waals surface area contributed by atoms with E-state index in [0.29, 0.717) is 6.54 Å². The number of sulfonamides is 1. The molecule has 1 N–H and O–H groups in total. The molecule has 3 heterocycles. The highest BCUT2D eigenvalue weighted by Crippen LogP contribution is 2.27. The SMILES string of the molecule is CN(C1CCN(c2ncnc3[nH]ccc23)C1)S(C)(=O)=O. The molecule has 1 fully saturated rings. The fourth-order valence-corrected chi connectivity index (χ4v) is 3.33. The Balaban J connectivity index is 1.86. The summed E-state index contributed by atoms with van der Waals surface area (Å²) in [7, 11) is -1.52. The number of anilines is 1. The van der Waals surface area contributed by atoms with Crippen molar-refractivity contribution < 1.29 is 8.42 Å². The van der Waals surface area contributed by atoms with Crippen molar-refractivity contribution >= 4 is 26.9 Å². The lowest BCUT2D eigenvalue weighted by atomic mass is 10.3. The molecule has 0 aromatic carbocycles. The predicted molar refractivity (Wildman–Crippen MR) is 77.1 cm³/mol. The van der Waals surface area contributed by atoms with Crippen molar-refractivity contribution in [3.05, 3.63) is 18.6 Å². The fourth-order valence-electron chi connectivity index (χ4n) is 2.61. The Labute approximate surface area is 117 Å². The van der Waals surface area contributed by atoms with E-state index in [-0.39, 0.29) is 6.04 Å². The molecule has 8 heteroatoms. The summed E-state index contributed by atoms with van der Waals surface area (Å²) in [6.07, 6.45) is 5.41. The molecule has 20 heavy (non-hydrogen) atoms. The van der Waals surface area contributed by atoms with Crippen molar-refractivity contribution in [2.24, 2.45) is 0 Å². The Hall–Kier alpha value is -1.67. The molecule has 0 radical (unpaired) electrons. The summed E-state index contributed by atoms with van der Waals surface area (Å²) in [6, 6.07) is 1.94. The van der Waals surface area contributed by atoms with E-state index < -0.39 is 10.0 Å². The van der Waals surface area contributed by atoms with Crippen LogP contribution in [0.5, 0.6) is 0 Å². The van der Waals surface area contributed by atoms with Gasteiger partial charge in [0.15, 0.2) is 0 Å². The topological polar surface area (TPSA) is 82.2 Å². The van der Waals surface area contributed by atoms with E-state index in [9.17, 15) is 8.42 Å². The first-order chi connectivity index (χ1) is 9.47. The molecule has 1 aliphatic rings. The summed E-state index contributed by atoms with van der Waals surface area (Å²) >= 11 is 0. The van der Waals surface area contributed by atoms with Gasteiger partial charge in [-0.25, -0.2) is 22.7 Å².